The average Bonchev–Trinajstić information content (AvgIpc) is 3.03. The Bertz CT molecular complexity index is 698. The minimum Gasteiger partial charge on any atom is -0.495 e. The Hall–Kier alpha value is -2.49. The van der Waals surface area contributed by atoms with Crippen LogP contribution < -0.4 is 10.1 Å². The molecule has 0 saturated carbocycles. The van der Waals surface area contributed by atoms with Gasteiger partial charge in [0.1, 0.15) is 5.75 Å². The maximum Gasteiger partial charge on any atom is 0.256 e. The number of fused-ring (bicyclic) bond motifs is 1. The number of methoxy groups -OCH3 is 1. The van der Waals surface area contributed by atoms with Gasteiger partial charge in [0.15, 0.2) is 0 Å². The first-order valence-electron chi connectivity index (χ1n) is 6.61. The van der Waals surface area contributed by atoms with Gasteiger partial charge in [-0.05, 0) is 30.2 Å². The predicted molar refractivity (Wildman–Crippen MR) is 79.7 cm³/mol. The first kappa shape index (κ1) is 12.5. The molecule has 3 rings (SSSR count). The fraction of sp³-hybridized carbons (Fsp3) is 0.188. The summed E-state index contributed by atoms with van der Waals surface area (Å²) in [7, 11) is 1.62. The number of nitrogens with one attached hydrogen (secondary N) is 2. The van der Waals surface area contributed by atoms with Gasteiger partial charge in [-0.15, -0.1) is 0 Å². The van der Waals surface area contributed by atoms with Crippen molar-refractivity contribution in [1.82, 2.24) is 4.98 Å². The summed E-state index contributed by atoms with van der Waals surface area (Å²) in [6.07, 6.45) is 4.53. The fourth-order valence-corrected chi connectivity index (χ4v) is 2.56. The summed E-state index contributed by atoms with van der Waals surface area (Å²) in [5.74, 6) is 0.658. The van der Waals surface area contributed by atoms with E-state index in [1.165, 1.54) is 0 Å². The van der Waals surface area contributed by atoms with Crippen molar-refractivity contribution in [2.45, 2.75) is 13.3 Å². The molecular weight excluding hydrogens is 252 g/mol. The van der Waals surface area contributed by atoms with Crippen molar-refractivity contribution < 1.29 is 9.53 Å². The number of aryl methyl sites for hydroxylation is 1. The molecule has 0 spiro atoms. The summed E-state index contributed by atoms with van der Waals surface area (Å²) in [5, 5.41) is 2.91. The second-order valence-corrected chi connectivity index (χ2v) is 4.67. The second-order valence-electron chi connectivity index (χ2n) is 4.67. The van der Waals surface area contributed by atoms with E-state index in [-0.39, 0.29) is 5.91 Å². The van der Waals surface area contributed by atoms with Crippen molar-refractivity contribution in [1.29, 1.82) is 0 Å². The molecular formula is C16H16N2O2. The number of H-pyrrole nitrogens is 1. The van der Waals surface area contributed by atoms with Gasteiger partial charge in [-0.1, -0.05) is 19.1 Å². The number of ether oxygens (including phenoxy) is 1. The van der Waals surface area contributed by atoms with Gasteiger partial charge in [-0.3, -0.25) is 4.79 Å². The van der Waals surface area contributed by atoms with Crippen LogP contribution in [0.5, 0.6) is 5.75 Å². The SMILES string of the molecule is CCc1cccc2c1/C(=C/c1[nH]ccc1OC)C(=O)N2. The van der Waals surface area contributed by atoms with Crippen LogP contribution in [0.2, 0.25) is 0 Å². The molecule has 0 atom stereocenters. The van der Waals surface area contributed by atoms with Crippen molar-refractivity contribution in [3.63, 3.8) is 0 Å². The molecule has 0 fully saturated rings. The van der Waals surface area contributed by atoms with Crippen LogP contribution in [-0.2, 0) is 11.2 Å². The molecule has 20 heavy (non-hydrogen) atoms. The number of hydrogen-bond acceptors (Lipinski definition) is 2. The third-order valence-corrected chi connectivity index (χ3v) is 3.54. The number of rotatable bonds is 3. The van der Waals surface area contributed by atoms with Crippen LogP contribution in [0.15, 0.2) is 30.5 Å². The number of carbonyl (C=O) groups is 1. The summed E-state index contributed by atoms with van der Waals surface area (Å²) in [6.45, 7) is 2.09. The number of anilines is 1. The van der Waals surface area contributed by atoms with Crippen LogP contribution in [0.3, 0.4) is 0 Å². The van der Waals surface area contributed by atoms with Gasteiger partial charge in [-0.25, -0.2) is 0 Å². The van der Waals surface area contributed by atoms with Gasteiger partial charge in [0.25, 0.3) is 5.91 Å². The Morgan fingerprint density at radius 3 is 2.90 bits per heavy atom. The highest BCUT2D eigenvalue weighted by Gasteiger charge is 2.26. The predicted octanol–water partition coefficient (Wildman–Crippen LogP) is 3.08. The molecule has 0 aliphatic carbocycles. The summed E-state index contributed by atoms with van der Waals surface area (Å²) in [4.78, 5) is 15.3. The summed E-state index contributed by atoms with van der Waals surface area (Å²) in [6, 6.07) is 7.79. The van der Waals surface area contributed by atoms with E-state index in [9.17, 15) is 4.79 Å². The molecule has 2 aromatic rings. The Labute approximate surface area is 117 Å². The molecule has 0 radical (unpaired) electrons. The van der Waals surface area contributed by atoms with Gasteiger partial charge in [-0.2, -0.15) is 0 Å². The third-order valence-electron chi connectivity index (χ3n) is 3.54. The molecule has 102 valence electrons. The van der Waals surface area contributed by atoms with E-state index in [0.29, 0.717) is 5.57 Å². The van der Waals surface area contributed by atoms with Gasteiger partial charge in [0.05, 0.1) is 18.4 Å². The van der Waals surface area contributed by atoms with Crippen molar-refractivity contribution >= 4 is 23.2 Å². The first-order chi connectivity index (χ1) is 9.74. The quantitative estimate of drug-likeness (QED) is 0.840. The number of carbonyl (C=O) groups excluding carboxylic acids is 1. The Balaban J connectivity index is 2.15. The zero-order chi connectivity index (χ0) is 14.1. The van der Waals surface area contributed by atoms with Gasteiger partial charge in [0, 0.05) is 17.4 Å². The average molecular weight is 268 g/mol. The van der Waals surface area contributed by atoms with Crippen LogP contribution in [0.4, 0.5) is 5.69 Å². The maximum atomic E-state index is 12.2. The molecule has 2 heterocycles. The standard InChI is InChI=1S/C16H16N2O2/c1-3-10-5-4-6-12-15(10)11(16(19)18-12)9-13-14(20-2)7-8-17-13/h4-9,17H,3H2,1-2H3,(H,18,19)/b11-9-. The molecule has 1 aliphatic heterocycles. The first-order valence-corrected chi connectivity index (χ1v) is 6.61. The van der Waals surface area contributed by atoms with Crippen LogP contribution in [0.25, 0.3) is 11.6 Å². The number of amides is 1. The lowest BCUT2D eigenvalue weighted by atomic mass is 9.98. The van der Waals surface area contributed by atoms with Crippen molar-refractivity contribution in [3.05, 3.63) is 47.3 Å². The van der Waals surface area contributed by atoms with E-state index >= 15 is 0 Å². The zero-order valence-corrected chi connectivity index (χ0v) is 11.5. The van der Waals surface area contributed by atoms with E-state index in [4.69, 9.17) is 4.74 Å². The van der Waals surface area contributed by atoms with Gasteiger partial charge >= 0.3 is 0 Å². The lowest BCUT2D eigenvalue weighted by molar-refractivity contribution is -0.110. The van der Waals surface area contributed by atoms with E-state index in [0.717, 1.165) is 34.7 Å². The zero-order valence-electron chi connectivity index (χ0n) is 11.5. The highest BCUT2D eigenvalue weighted by molar-refractivity contribution is 6.35. The smallest absolute Gasteiger partial charge is 0.256 e. The fourth-order valence-electron chi connectivity index (χ4n) is 2.56. The van der Waals surface area contributed by atoms with Crippen LogP contribution in [0, 0.1) is 0 Å². The van der Waals surface area contributed by atoms with Crippen molar-refractivity contribution in [2.75, 3.05) is 12.4 Å². The van der Waals surface area contributed by atoms with Crippen LogP contribution in [0.1, 0.15) is 23.7 Å². The van der Waals surface area contributed by atoms with Crippen molar-refractivity contribution in [3.8, 4) is 5.75 Å². The molecule has 0 unspecified atom stereocenters. The topological polar surface area (TPSA) is 54.1 Å². The monoisotopic (exact) mass is 268 g/mol. The normalized spacial score (nSPS) is 15.3. The Kier molecular flexibility index (Phi) is 3.06. The van der Waals surface area contributed by atoms with E-state index in [1.54, 1.807) is 13.3 Å². The third kappa shape index (κ3) is 1.90. The van der Waals surface area contributed by atoms with E-state index in [1.807, 2.05) is 24.3 Å². The van der Waals surface area contributed by atoms with Crippen LogP contribution in [-0.4, -0.2) is 18.0 Å². The molecule has 1 amide bonds. The Morgan fingerprint density at radius 1 is 1.30 bits per heavy atom. The minimum atomic E-state index is -0.0717. The largest absolute Gasteiger partial charge is 0.495 e. The highest BCUT2D eigenvalue weighted by Crippen LogP contribution is 2.36. The van der Waals surface area contributed by atoms with Crippen molar-refractivity contribution in [2.24, 2.45) is 0 Å². The number of aromatic amines is 1. The van der Waals surface area contributed by atoms with E-state index < -0.39 is 0 Å². The molecule has 4 nitrogen and oxygen atoms in total. The number of benzene rings is 1. The molecule has 1 aromatic carbocycles. The second kappa shape index (κ2) is 4.89. The molecule has 2 N–H and O–H groups in total. The molecule has 0 saturated heterocycles. The summed E-state index contributed by atoms with van der Waals surface area (Å²) >= 11 is 0. The maximum absolute atomic E-state index is 12.2. The lowest BCUT2D eigenvalue weighted by Crippen LogP contribution is -2.03. The number of aromatic nitrogens is 1. The lowest BCUT2D eigenvalue weighted by Gasteiger charge is -2.05. The van der Waals surface area contributed by atoms with Gasteiger partial charge < -0.3 is 15.0 Å². The number of hydrogen-bond donors (Lipinski definition) is 2. The van der Waals surface area contributed by atoms with Crippen LogP contribution >= 0.6 is 0 Å². The molecule has 1 aromatic heterocycles. The summed E-state index contributed by atoms with van der Waals surface area (Å²) in [5.41, 5.74) is 4.52. The van der Waals surface area contributed by atoms with Gasteiger partial charge in [0.2, 0.25) is 0 Å². The Morgan fingerprint density at radius 2 is 2.15 bits per heavy atom. The molecule has 4 heteroatoms. The summed E-state index contributed by atoms with van der Waals surface area (Å²) < 4.78 is 5.27. The van der Waals surface area contributed by atoms with E-state index in [2.05, 4.69) is 23.3 Å². The minimum absolute atomic E-state index is 0.0717. The molecule has 0 bridgehead atoms. The molecule has 1 aliphatic rings. The highest BCUT2D eigenvalue weighted by atomic mass is 16.5.